The Morgan fingerprint density at radius 1 is 1.12 bits per heavy atom. The van der Waals surface area contributed by atoms with Crippen LogP contribution in [-0.2, 0) is 5.41 Å². The number of aromatic nitrogens is 1. The third-order valence-electron chi connectivity index (χ3n) is 3.84. The average molecular weight is 403 g/mol. The van der Waals surface area contributed by atoms with Crippen LogP contribution in [0.3, 0.4) is 0 Å². The lowest BCUT2D eigenvalue weighted by Gasteiger charge is -2.33. The molecule has 10 heteroatoms. The summed E-state index contributed by atoms with van der Waals surface area (Å²) >= 11 is -0.898. The summed E-state index contributed by atoms with van der Waals surface area (Å²) in [5.74, 6) is -7.10. The van der Waals surface area contributed by atoms with Crippen LogP contribution in [0.15, 0.2) is 41.0 Å². The van der Waals surface area contributed by atoms with Gasteiger partial charge in [-0.05, 0) is 37.2 Å². The Kier molecular flexibility index (Phi) is 5.22. The molecule has 0 saturated carbocycles. The van der Waals surface area contributed by atoms with Gasteiger partial charge in [0.05, 0.1) is 0 Å². The molecule has 1 aromatic heterocycles. The molecule has 0 saturated heterocycles. The molecule has 0 aromatic carbocycles. The van der Waals surface area contributed by atoms with Gasteiger partial charge in [0.15, 0.2) is 0 Å². The maximum absolute atomic E-state index is 14.0. The first kappa shape index (κ1) is 20.7. The smallest absolute Gasteiger partial charge is 0.228 e. The minimum Gasteiger partial charge on any atom is -0.228 e. The van der Waals surface area contributed by atoms with Gasteiger partial charge in [-0.25, -0.2) is 4.98 Å². The van der Waals surface area contributed by atoms with Crippen molar-refractivity contribution in [1.29, 1.82) is 0 Å². The van der Waals surface area contributed by atoms with E-state index in [0.717, 1.165) is 12.2 Å². The third kappa shape index (κ3) is 3.74. The molecule has 1 aliphatic carbocycles. The molecule has 144 valence electrons. The number of halogens is 8. The standard InChI is InChI=1S/C16H13F8NS/c1-9-6-10(26-16(23,24)14(18,19)15(20,21)22)8-13(2,7-9)11-4-3-5-25-12(11)17/h3-6,8H,7H2,1-2H3. The fourth-order valence-corrected chi connectivity index (χ4v) is 3.82. The lowest BCUT2D eigenvalue weighted by molar-refractivity contribution is -0.330. The number of hydrogen-bond donors (Lipinski definition) is 0. The Balaban J connectivity index is 2.43. The molecule has 0 amide bonds. The Hall–Kier alpha value is -1.58. The zero-order valence-corrected chi connectivity index (χ0v) is 14.3. The van der Waals surface area contributed by atoms with Crippen LogP contribution in [-0.4, -0.2) is 22.3 Å². The molecule has 26 heavy (non-hydrogen) atoms. The number of hydrogen-bond acceptors (Lipinski definition) is 2. The number of allylic oxidation sites excluding steroid dienone is 3. The van der Waals surface area contributed by atoms with Gasteiger partial charge in [-0.15, -0.1) is 0 Å². The van der Waals surface area contributed by atoms with Crippen molar-refractivity contribution < 1.29 is 35.1 Å². The van der Waals surface area contributed by atoms with Crippen LogP contribution in [0.25, 0.3) is 0 Å². The summed E-state index contributed by atoms with van der Waals surface area (Å²) in [6.07, 6.45) is -2.92. The molecule has 0 N–H and O–H groups in total. The van der Waals surface area contributed by atoms with E-state index in [1.807, 2.05) is 0 Å². The van der Waals surface area contributed by atoms with Gasteiger partial charge >= 0.3 is 17.4 Å². The summed E-state index contributed by atoms with van der Waals surface area (Å²) in [5, 5.41) is -5.43. The molecule has 2 rings (SSSR count). The van der Waals surface area contributed by atoms with Crippen molar-refractivity contribution in [3.05, 3.63) is 52.5 Å². The minimum atomic E-state index is -6.41. The van der Waals surface area contributed by atoms with E-state index in [4.69, 9.17) is 0 Å². The predicted molar refractivity (Wildman–Crippen MR) is 81.5 cm³/mol. The molecular weight excluding hydrogens is 390 g/mol. The summed E-state index contributed by atoms with van der Waals surface area (Å²) in [7, 11) is 0. The zero-order chi connectivity index (χ0) is 20.0. The second kappa shape index (κ2) is 6.54. The molecule has 1 aromatic rings. The van der Waals surface area contributed by atoms with Crippen molar-refractivity contribution in [3.8, 4) is 0 Å². The van der Waals surface area contributed by atoms with E-state index in [1.54, 1.807) is 0 Å². The first-order valence-electron chi connectivity index (χ1n) is 7.22. The van der Waals surface area contributed by atoms with Gasteiger partial charge in [0.1, 0.15) is 0 Å². The van der Waals surface area contributed by atoms with E-state index in [9.17, 15) is 35.1 Å². The molecule has 1 nitrogen and oxygen atoms in total. The van der Waals surface area contributed by atoms with Crippen LogP contribution in [0.5, 0.6) is 0 Å². The van der Waals surface area contributed by atoms with E-state index < -0.39 is 45.4 Å². The van der Waals surface area contributed by atoms with Crippen molar-refractivity contribution in [2.75, 3.05) is 0 Å². The molecule has 1 unspecified atom stereocenters. The Morgan fingerprint density at radius 2 is 1.73 bits per heavy atom. The van der Waals surface area contributed by atoms with Gasteiger partial charge in [-0.2, -0.15) is 35.1 Å². The second-order valence-electron chi connectivity index (χ2n) is 6.16. The van der Waals surface area contributed by atoms with Crippen molar-refractivity contribution in [2.45, 2.75) is 43.0 Å². The summed E-state index contributed by atoms with van der Waals surface area (Å²) < 4.78 is 104. The highest BCUT2D eigenvalue weighted by Gasteiger charge is 2.73. The fraction of sp³-hybridized carbons (Fsp3) is 0.438. The first-order valence-corrected chi connectivity index (χ1v) is 8.04. The van der Waals surface area contributed by atoms with Crippen molar-refractivity contribution >= 4 is 11.8 Å². The van der Waals surface area contributed by atoms with Gasteiger partial charge in [-0.1, -0.05) is 24.6 Å². The molecule has 1 aliphatic rings. The molecule has 0 spiro atoms. The van der Waals surface area contributed by atoms with Gasteiger partial charge < -0.3 is 0 Å². The van der Waals surface area contributed by atoms with Gasteiger partial charge in [0, 0.05) is 22.1 Å². The monoisotopic (exact) mass is 403 g/mol. The van der Waals surface area contributed by atoms with Crippen LogP contribution in [0.2, 0.25) is 0 Å². The van der Waals surface area contributed by atoms with Crippen molar-refractivity contribution in [2.24, 2.45) is 0 Å². The molecule has 1 atom stereocenters. The summed E-state index contributed by atoms with van der Waals surface area (Å²) in [6.45, 7) is 2.95. The zero-order valence-electron chi connectivity index (χ0n) is 13.5. The maximum atomic E-state index is 14.0. The second-order valence-corrected chi connectivity index (χ2v) is 7.35. The SMILES string of the molecule is CC1=CC(SC(F)(F)C(F)(F)C(F)(F)F)=CC(C)(c2cccnc2F)C1. The molecule has 1 heterocycles. The third-order valence-corrected chi connectivity index (χ3v) is 4.82. The van der Waals surface area contributed by atoms with Crippen LogP contribution in [0.1, 0.15) is 25.8 Å². The minimum absolute atomic E-state index is 0.0245. The van der Waals surface area contributed by atoms with E-state index in [1.165, 1.54) is 32.2 Å². The van der Waals surface area contributed by atoms with Crippen LogP contribution in [0, 0.1) is 5.95 Å². The normalized spacial score (nSPS) is 22.1. The highest BCUT2D eigenvalue weighted by atomic mass is 32.2. The number of alkyl halides is 7. The number of rotatable bonds is 4. The average Bonchev–Trinajstić information content (AvgIpc) is 2.44. The summed E-state index contributed by atoms with van der Waals surface area (Å²) in [5.41, 5.74) is -0.772. The first-order chi connectivity index (χ1) is 11.7. The molecular formula is C16H13F8NS. The van der Waals surface area contributed by atoms with E-state index in [-0.39, 0.29) is 12.0 Å². The molecule has 0 fully saturated rings. The number of thioether (sulfide) groups is 1. The topological polar surface area (TPSA) is 12.9 Å². The molecule has 0 radical (unpaired) electrons. The molecule has 0 aliphatic heterocycles. The largest absolute Gasteiger partial charge is 0.460 e. The van der Waals surface area contributed by atoms with Gasteiger partial charge in [-0.3, -0.25) is 0 Å². The highest BCUT2D eigenvalue weighted by molar-refractivity contribution is 8.04. The maximum Gasteiger partial charge on any atom is 0.460 e. The Bertz CT molecular complexity index is 753. The number of nitrogens with zero attached hydrogens (tertiary/aromatic N) is 1. The Labute approximate surface area is 148 Å². The fourth-order valence-electron chi connectivity index (χ4n) is 2.70. The quantitative estimate of drug-likeness (QED) is 0.436. The van der Waals surface area contributed by atoms with E-state index in [0.29, 0.717) is 5.57 Å². The number of pyridine rings is 1. The Morgan fingerprint density at radius 3 is 2.27 bits per heavy atom. The van der Waals surface area contributed by atoms with Crippen molar-refractivity contribution in [3.63, 3.8) is 0 Å². The lowest BCUT2D eigenvalue weighted by atomic mass is 9.75. The van der Waals surface area contributed by atoms with Gasteiger partial charge in [0.25, 0.3) is 0 Å². The van der Waals surface area contributed by atoms with E-state index in [2.05, 4.69) is 4.98 Å². The van der Waals surface area contributed by atoms with Crippen LogP contribution in [0.4, 0.5) is 35.1 Å². The lowest BCUT2D eigenvalue weighted by Crippen LogP contribution is -2.50. The van der Waals surface area contributed by atoms with Crippen LogP contribution < -0.4 is 0 Å². The summed E-state index contributed by atoms with van der Waals surface area (Å²) in [6, 6.07) is 2.76. The predicted octanol–water partition coefficient (Wildman–Crippen LogP) is 6.24. The van der Waals surface area contributed by atoms with E-state index >= 15 is 0 Å². The van der Waals surface area contributed by atoms with Crippen LogP contribution >= 0.6 is 11.8 Å². The van der Waals surface area contributed by atoms with Gasteiger partial charge in [0.2, 0.25) is 5.95 Å². The van der Waals surface area contributed by atoms with Crippen molar-refractivity contribution in [1.82, 2.24) is 4.98 Å². The summed E-state index contributed by atoms with van der Waals surface area (Å²) in [4.78, 5) is 2.95. The highest BCUT2D eigenvalue weighted by Crippen LogP contribution is 2.55. The molecule has 0 bridgehead atoms.